The zero-order valence-electron chi connectivity index (χ0n) is 10.5. The summed E-state index contributed by atoms with van der Waals surface area (Å²) in [5.74, 6) is -0.144. The third-order valence-electron chi connectivity index (χ3n) is 4.28. The standard InChI is InChI=1S/C11H20N2O3S/c1-4-8-7-11(8,12-3)9(14)13-17(15,16)10(2)5-6-10/h8,12H,4-7H2,1-3H3,(H,13,14)/t8-,11-/m1/s1. The molecule has 98 valence electrons. The van der Waals surface area contributed by atoms with E-state index in [4.69, 9.17) is 0 Å². The van der Waals surface area contributed by atoms with E-state index in [0.29, 0.717) is 12.8 Å². The van der Waals surface area contributed by atoms with E-state index >= 15 is 0 Å². The molecule has 0 aromatic heterocycles. The molecule has 0 unspecified atom stereocenters. The Labute approximate surface area is 102 Å². The summed E-state index contributed by atoms with van der Waals surface area (Å²) in [5.41, 5.74) is -0.660. The Bertz CT molecular complexity index is 442. The minimum atomic E-state index is -3.51. The Kier molecular flexibility index (Phi) is 2.78. The van der Waals surface area contributed by atoms with E-state index in [0.717, 1.165) is 12.8 Å². The average Bonchev–Trinajstić information content (AvgIpc) is 3.12. The van der Waals surface area contributed by atoms with Crippen LogP contribution in [0.2, 0.25) is 0 Å². The second kappa shape index (κ2) is 3.68. The van der Waals surface area contributed by atoms with Crippen LogP contribution in [0.1, 0.15) is 39.5 Å². The first-order valence-corrected chi connectivity index (χ1v) is 7.55. The number of likely N-dealkylation sites (N-methyl/N-ethyl adjacent to an activating group) is 1. The molecule has 0 heterocycles. The third kappa shape index (κ3) is 1.87. The van der Waals surface area contributed by atoms with E-state index in [1.807, 2.05) is 6.92 Å². The third-order valence-corrected chi connectivity index (χ3v) is 6.44. The van der Waals surface area contributed by atoms with Crippen molar-refractivity contribution in [3.8, 4) is 0 Å². The Balaban J connectivity index is 2.08. The van der Waals surface area contributed by atoms with Gasteiger partial charge in [-0.25, -0.2) is 8.42 Å². The highest BCUT2D eigenvalue weighted by Gasteiger charge is 2.60. The molecule has 1 amide bonds. The zero-order valence-corrected chi connectivity index (χ0v) is 11.4. The molecule has 0 spiro atoms. The molecule has 2 rings (SSSR count). The van der Waals surface area contributed by atoms with E-state index in [1.54, 1.807) is 14.0 Å². The number of carbonyl (C=O) groups is 1. The zero-order chi connectivity index (χ0) is 12.9. The summed E-state index contributed by atoms with van der Waals surface area (Å²) < 4.78 is 25.4. The van der Waals surface area contributed by atoms with Gasteiger partial charge in [0, 0.05) is 0 Å². The van der Waals surface area contributed by atoms with Crippen LogP contribution in [0.5, 0.6) is 0 Å². The first-order valence-electron chi connectivity index (χ1n) is 6.07. The van der Waals surface area contributed by atoms with Gasteiger partial charge in [0.15, 0.2) is 0 Å². The second-order valence-corrected chi connectivity index (χ2v) is 7.61. The number of nitrogens with one attached hydrogen (secondary N) is 2. The molecule has 0 radical (unpaired) electrons. The highest BCUT2D eigenvalue weighted by atomic mass is 32.2. The van der Waals surface area contributed by atoms with Crippen LogP contribution in [-0.4, -0.2) is 31.7 Å². The lowest BCUT2D eigenvalue weighted by Gasteiger charge is -2.18. The largest absolute Gasteiger partial charge is 0.306 e. The van der Waals surface area contributed by atoms with Gasteiger partial charge in [0.2, 0.25) is 10.0 Å². The Morgan fingerprint density at radius 2 is 2.00 bits per heavy atom. The molecule has 17 heavy (non-hydrogen) atoms. The van der Waals surface area contributed by atoms with E-state index in [2.05, 4.69) is 10.0 Å². The quantitative estimate of drug-likeness (QED) is 0.749. The van der Waals surface area contributed by atoms with E-state index in [-0.39, 0.29) is 11.8 Å². The van der Waals surface area contributed by atoms with Gasteiger partial charge in [-0.3, -0.25) is 9.52 Å². The van der Waals surface area contributed by atoms with E-state index in [9.17, 15) is 13.2 Å². The van der Waals surface area contributed by atoms with E-state index < -0.39 is 20.3 Å². The maximum absolute atomic E-state index is 12.1. The molecule has 0 aliphatic heterocycles. The smallest absolute Gasteiger partial charge is 0.254 e. The molecule has 5 nitrogen and oxygen atoms in total. The van der Waals surface area contributed by atoms with Gasteiger partial charge in [-0.15, -0.1) is 0 Å². The monoisotopic (exact) mass is 260 g/mol. The highest BCUT2D eigenvalue weighted by Crippen LogP contribution is 2.47. The number of hydrogen-bond acceptors (Lipinski definition) is 4. The summed E-state index contributed by atoms with van der Waals surface area (Å²) in [4.78, 5) is 12.1. The normalized spacial score (nSPS) is 34.2. The number of rotatable bonds is 5. The van der Waals surface area contributed by atoms with Crippen LogP contribution in [0.25, 0.3) is 0 Å². The molecule has 2 atom stereocenters. The fraction of sp³-hybridized carbons (Fsp3) is 0.909. The highest BCUT2D eigenvalue weighted by molar-refractivity contribution is 7.91. The number of amides is 1. The molecule has 2 saturated carbocycles. The van der Waals surface area contributed by atoms with Gasteiger partial charge in [0.1, 0.15) is 5.54 Å². The summed E-state index contributed by atoms with van der Waals surface area (Å²) >= 11 is 0. The first kappa shape index (κ1) is 12.8. The van der Waals surface area contributed by atoms with Crippen molar-refractivity contribution in [1.29, 1.82) is 0 Å². The van der Waals surface area contributed by atoms with Gasteiger partial charge in [-0.2, -0.15) is 0 Å². The fourth-order valence-corrected chi connectivity index (χ4v) is 3.61. The van der Waals surface area contributed by atoms with Crippen molar-refractivity contribution in [2.24, 2.45) is 5.92 Å². The summed E-state index contributed by atoms with van der Waals surface area (Å²) in [7, 11) is -1.80. The van der Waals surface area contributed by atoms with Gasteiger partial charge in [-0.05, 0) is 39.2 Å². The number of carbonyl (C=O) groups excluding carboxylic acids is 1. The van der Waals surface area contributed by atoms with Crippen LogP contribution < -0.4 is 10.0 Å². The van der Waals surface area contributed by atoms with Crippen molar-refractivity contribution >= 4 is 15.9 Å². The molecule has 0 aromatic rings. The van der Waals surface area contributed by atoms with Crippen LogP contribution in [0.15, 0.2) is 0 Å². The average molecular weight is 260 g/mol. The fourth-order valence-electron chi connectivity index (χ4n) is 2.30. The summed E-state index contributed by atoms with van der Waals surface area (Å²) in [6.07, 6.45) is 2.88. The number of hydrogen-bond donors (Lipinski definition) is 2. The minimum absolute atomic E-state index is 0.245. The molecule has 0 saturated heterocycles. The van der Waals surface area contributed by atoms with Crippen LogP contribution >= 0.6 is 0 Å². The van der Waals surface area contributed by atoms with Gasteiger partial charge in [0.05, 0.1) is 4.75 Å². The molecular formula is C11H20N2O3S. The van der Waals surface area contributed by atoms with Crippen molar-refractivity contribution in [2.75, 3.05) is 7.05 Å². The first-order chi connectivity index (χ1) is 7.81. The molecule has 0 bridgehead atoms. The maximum Gasteiger partial charge on any atom is 0.254 e. The maximum atomic E-state index is 12.1. The Morgan fingerprint density at radius 3 is 2.35 bits per heavy atom. The Hall–Kier alpha value is -0.620. The predicted octanol–water partition coefficient (Wildman–Crippen LogP) is 0.373. The van der Waals surface area contributed by atoms with Crippen LogP contribution in [0.3, 0.4) is 0 Å². The molecule has 0 aromatic carbocycles. The summed E-state index contributed by atoms with van der Waals surface area (Å²) in [6.45, 7) is 3.69. The minimum Gasteiger partial charge on any atom is -0.306 e. The van der Waals surface area contributed by atoms with Crippen LogP contribution in [0.4, 0.5) is 0 Å². The SMILES string of the molecule is CC[C@@H]1C[C@]1(NC)C(=O)NS(=O)(=O)C1(C)CC1. The molecule has 2 aliphatic carbocycles. The lowest BCUT2D eigenvalue weighted by atomic mass is 10.1. The van der Waals surface area contributed by atoms with Gasteiger partial charge >= 0.3 is 0 Å². The van der Waals surface area contributed by atoms with Crippen molar-refractivity contribution in [1.82, 2.24) is 10.0 Å². The topological polar surface area (TPSA) is 75.3 Å². The Morgan fingerprint density at radius 1 is 1.41 bits per heavy atom. The number of sulfonamides is 1. The summed E-state index contributed by atoms with van der Waals surface area (Å²) in [6, 6.07) is 0. The van der Waals surface area contributed by atoms with Crippen molar-refractivity contribution in [2.45, 2.75) is 49.8 Å². The van der Waals surface area contributed by atoms with Crippen molar-refractivity contribution < 1.29 is 13.2 Å². The second-order valence-electron chi connectivity index (χ2n) is 5.42. The molecule has 2 N–H and O–H groups in total. The predicted molar refractivity (Wildman–Crippen MR) is 64.9 cm³/mol. The van der Waals surface area contributed by atoms with Gasteiger partial charge < -0.3 is 5.32 Å². The lowest BCUT2D eigenvalue weighted by molar-refractivity contribution is -0.122. The summed E-state index contributed by atoms with van der Waals surface area (Å²) in [5, 5.41) is 2.97. The lowest BCUT2D eigenvalue weighted by Crippen LogP contribution is -2.50. The molecule has 2 fully saturated rings. The van der Waals surface area contributed by atoms with Crippen molar-refractivity contribution in [3.05, 3.63) is 0 Å². The van der Waals surface area contributed by atoms with Gasteiger partial charge in [0.25, 0.3) is 5.91 Å². The molecule has 2 aliphatic rings. The molecule has 6 heteroatoms. The van der Waals surface area contributed by atoms with Crippen molar-refractivity contribution in [3.63, 3.8) is 0 Å². The van der Waals surface area contributed by atoms with Crippen LogP contribution in [-0.2, 0) is 14.8 Å². The van der Waals surface area contributed by atoms with E-state index in [1.165, 1.54) is 0 Å². The van der Waals surface area contributed by atoms with Gasteiger partial charge in [-0.1, -0.05) is 13.3 Å². The van der Waals surface area contributed by atoms with Crippen LogP contribution in [0, 0.1) is 5.92 Å². The molecular weight excluding hydrogens is 240 g/mol.